The van der Waals surface area contributed by atoms with Crippen molar-refractivity contribution in [3.63, 3.8) is 0 Å². The number of nitriles is 1. The third-order valence-corrected chi connectivity index (χ3v) is 6.07. The second kappa shape index (κ2) is 13.3. The molecule has 3 rings (SSSR count). The van der Waals surface area contributed by atoms with E-state index < -0.39 is 0 Å². The largest absolute Gasteiger partial charge is 0.489 e. The molecule has 6 nitrogen and oxygen atoms in total. The average molecular weight is 499 g/mol. The van der Waals surface area contributed by atoms with E-state index in [2.05, 4.69) is 31.3 Å². The van der Waals surface area contributed by atoms with Gasteiger partial charge in [-0.1, -0.05) is 61.9 Å². The van der Waals surface area contributed by atoms with Gasteiger partial charge >= 0.3 is 5.97 Å². The summed E-state index contributed by atoms with van der Waals surface area (Å²) in [6.07, 6.45) is 1.37. The van der Waals surface area contributed by atoms with E-state index >= 15 is 0 Å². The summed E-state index contributed by atoms with van der Waals surface area (Å²) >= 11 is 0. The van der Waals surface area contributed by atoms with Gasteiger partial charge in [0.1, 0.15) is 12.4 Å². The van der Waals surface area contributed by atoms with Crippen LogP contribution in [0.2, 0.25) is 0 Å². The topological polar surface area (TPSA) is 88.4 Å². The number of rotatable bonds is 11. The Morgan fingerprint density at radius 2 is 1.81 bits per heavy atom. The molecule has 3 aromatic carbocycles. The molecule has 192 valence electrons. The highest BCUT2D eigenvalue weighted by atomic mass is 16.5. The molecule has 0 aromatic heterocycles. The molecule has 0 heterocycles. The Morgan fingerprint density at radius 3 is 2.51 bits per heavy atom. The van der Waals surface area contributed by atoms with Gasteiger partial charge in [0.15, 0.2) is 0 Å². The number of esters is 1. The molecule has 0 aliphatic carbocycles. The Kier molecular flexibility index (Phi) is 9.85. The number of ether oxygens (including phenoxy) is 2. The molecule has 1 unspecified atom stereocenters. The maximum atomic E-state index is 13.6. The van der Waals surface area contributed by atoms with Gasteiger partial charge < -0.3 is 14.8 Å². The quantitative estimate of drug-likeness (QED) is 0.324. The molecule has 0 saturated heterocycles. The lowest BCUT2D eigenvalue weighted by atomic mass is 9.94. The fourth-order valence-electron chi connectivity index (χ4n) is 4.18. The number of benzene rings is 3. The zero-order chi connectivity index (χ0) is 26.8. The minimum absolute atomic E-state index is 0.144. The summed E-state index contributed by atoms with van der Waals surface area (Å²) in [6, 6.07) is 22.7. The predicted octanol–water partition coefficient (Wildman–Crippen LogP) is 6.07. The molecule has 0 fully saturated rings. The van der Waals surface area contributed by atoms with E-state index in [1.807, 2.05) is 43.3 Å². The number of aryl methyl sites for hydroxylation is 2. The van der Waals surface area contributed by atoms with Gasteiger partial charge in [0.25, 0.3) is 5.91 Å². The van der Waals surface area contributed by atoms with Crippen LogP contribution in [-0.4, -0.2) is 19.0 Å². The van der Waals surface area contributed by atoms with Crippen LogP contribution in [0.25, 0.3) is 0 Å². The Bertz CT molecular complexity index is 1280. The second-order valence-electron chi connectivity index (χ2n) is 9.57. The number of carbonyl (C=O) groups excluding carboxylic acids is 2. The first-order valence-corrected chi connectivity index (χ1v) is 12.5. The minimum Gasteiger partial charge on any atom is -0.489 e. The number of carbonyl (C=O) groups is 2. The minimum atomic E-state index is -0.325. The first-order chi connectivity index (χ1) is 17.8. The third-order valence-electron chi connectivity index (χ3n) is 6.07. The molecule has 1 N–H and O–H groups in total. The lowest BCUT2D eigenvalue weighted by molar-refractivity contribution is -0.140. The van der Waals surface area contributed by atoms with E-state index in [1.54, 1.807) is 24.3 Å². The highest BCUT2D eigenvalue weighted by molar-refractivity contribution is 5.96. The van der Waals surface area contributed by atoms with Crippen LogP contribution >= 0.6 is 0 Å². The van der Waals surface area contributed by atoms with Crippen molar-refractivity contribution in [2.24, 2.45) is 5.92 Å². The SMILES string of the molecule is COC(=O)CCc1ccc(COc2cccc(C#N)c2)cc1C(=O)NC(CC(C)C)c1cccc(C)c1. The first-order valence-electron chi connectivity index (χ1n) is 12.5. The molecule has 6 heteroatoms. The smallest absolute Gasteiger partial charge is 0.305 e. The molecule has 0 spiro atoms. The van der Waals surface area contributed by atoms with Gasteiger partial charge in [0.05, 0.1) is 24.8 Å². The molecular formula is C31H34N2O4. The maximum Gasteiger partial charge on any atom is 0.305 e. The molecule has 0 bridgehead atoms. The van der Waals surface area contributed by atoms with Crippen molar-refractivity contribution in [3.8, 4) is 11.8 Å². The van der Waals surface area contributed by atoms with Crippen LogP contribution in [0.5, 0.6) is 5.75 Å². The van der Waals surface area contributed by atoms with Crippen LogP contribution < -0.4 is 10.1 Å². The van der Waals surface area contributed by atoms with E-state index in [9.17, 15) is 9.59 Å². The van der Waals surface area contributed by atoms with Crippen molar-refractivity contribution in [2.45, 2.75) is 52.7 Å². The Morgan fingerprint density at radius 1 is 1.03 bits per heavy atom. The van der Waals surface area contributed by atoms with Crippen molar-refractivity contribution in [1.82, 2.24) is 5.32 Å². The summed E-state index contributed by atoms with van der Waals surface area (Å²) < 4.78 is 10.7. The van der Waals surface area contributed by atoms with Crippen LogP contribution in [0.15, 0.2) is 66.7 Å². The van der Waals surface area contributed by atoms with E-state index in [4.69, 9.17) is 14.7 Å². The molecule has 1 amide bonds. The summed E-state index contributed by atoms with van der Waals surface area (Å²) in [5, 5.41) is 12.4. The first kappa shape index (κ1) is 27.5. The summed E-state index contributed by atoms with van der Waals surface area (Å²) in [6.45, 7) is 6.55. The Hall–Kier alpha value is -4.11. The second-order valence-corrected chi connectivity index (χ2v) is 9.57. The summed E-state index contributed by atoms with van der Waals surface area (Å²) in [7, 11) is 1.36. The van der Waals surface area contributed by atoms with Gasteiger partial charge in [-0.15, -0.1) is 0 Å². The Balaban J connectivity index is 1.87. The van der Waals surface area contributed by atoms with Crippen LogP contribution in [0.3, 0.4) is 0 Å². The standard InChI is InChI=1S/C31H34N2O4/c1-21(2)15-29(26-9-5-7-22(3)16-26)33-31(35)28-18-24(11-12-25(28)13-14-30(34)36-4)20-37-27-10-6-8-23(17-27)19-32/h5-12,16-18,21,29H,13-15,20H2,1-4H3,(H,33,35). The monoisotopic (exact) mass is 498 g/mol. The molecule has 3 aromatic rings. The lowest BCUT2D eigenvalue weighted by Crippen LogP contribution is -2.30. The van der Waals surface area contributed by atoms with E-state index in [0.717, 1.165) is 28.7 Å². The van der Waals surface area contributed by atoms with E-state index in [0.29, 0.717) is 29.2 Å². The average Bonchev–Trinajstić information content (AvgIpc) is 2.90. The van der Waals surface area contributed by atoms with Crippen molar-refractivity contribution in [3.05, 3.63) is 100 Å². The fourth-order valence-corrected chi connectivity index (χ4v) is 4.18. The molecule has 1 atom stereocenters. The number of hydrogen-bond acceptors (Lipinski definition) is 5. The van der Waals surface area contributed by atoms with Crippen molar-refractivity contribution >= 4 is 11.9 Å². The molecule has 0 aliphatic rings. The van der Waals surface area contributed by atoms with E-state index in [1.165, 1.54) is 7.11 Å². The lowest BCUT2D eigenvalue weighted by Gasteiger charge is -2.23. The number of hydrogen-bond donors (Lipinski definition) is 1. The molecular weight excluding hydrogens is 464 g/mol. The van der Waals surface area contributed by atoms with Gasteiger partial charge in [-0.2, -0.15) is 5.26 Å². The zero-order valence-corrected chi connectivity index (χ0v) is 21.9. The van der Waals surface area contributed by atoms with Crippen LogP contribution in [0.4, 0.5) is 0 Å². The van der Waals surface area contributed by atoms with Crippen molar-refractivity contribution in [2.75, 3.05) is 7.11 Å². The van der Waals surface area contributed by atoms with E-state index in [-0.39, 0.29) is 30.9 Å². The highest BCUT2D eigenvalue weighted by Crippen LogP contribution is 2.24. The van der Waals surface area contributed by atoms with Crippen molar-refractivity contribution < 1.29 is 19.1 Å². The fraction of sp³-hybridized carbons (Fsp3) is 0.323. The Labute approximate surface area is 219 Å². The summed E-state index contributed by atoms with van der Waals surface area (Å²) in [5.74, 6) is 0.443. The predicted molar refractivity (Wildman–Crippen MR) is 143 cm³/mol. The van der Waals surface area contributed by atoms with Gasteiger partial charge in [-0.3, -0.25) is 9.59 Å². The van der Waals surface area contributed by atoms with Gasteiger partial charge in [0, 0.05) is 12.0 Å². The van der Waals surface area contributed by atoms with Crippen LogP contribution in [0.1, 0.15) is 70.9 Å². The number of methoxy groups -OCH3 is 1. The van der Waals surface area contributed by atoms with Gasteiger partial charge in [-0.05, 0) is 66.6 Å². The van der Waals surface area contributed by atoms with Crippen molar-refractivity contribution in [1.29, 1.82) is 5.26 Å². The molecule has 37 heavy (non-hydrogen) atoms. The summed E-state index contributed by atoms with van der Waals surface area (Å²) in [5.41, 5.74) is 4.81. The number of amides is 1. The van der Waals surface area contributed by atoms with Gasteiger partial charge in [0.2, 0.25) is 0 Å². The van der Waals surface area contributed by atoms with Crippen LogP contribution in [-0.2, 0) is 22.6 Å². The van der Waals surface area contributed by atoms with Crippen LogP contribution in [0, 0.1) is 24.2 Å². The normalized spacial score (nSPS) is 11.5. The zero-order valence-electron chi connectivity index (χ0n) is 21.9. The molecule has 0 radical (unpaired) electrons. The maximum absolute atomic E-state index is 13.6. The number of nitrogens with zero attached hydrogens (tertiary/aromatic N) is 1. The third kappa shape index (κ3) is 8.22. The summed E-state index contributed by atoms with van der Waals surface area (Å²) in [4.78, 5) is 25.4. The molecule has 0 aliphatic heterocycles. The molecule has 0 saturated carbocycles. The highest BCUT2D eigenvalue weighted by Gasteiger charge is 2.20. The van der Waals surface area contributed by atoms with Gasteiger partial charge in [-0.25, -0.2) is 0 Å². The number of nitrogens with one attached hydrogen (secondary N) is 1.